The molecule has 0 aliphatic carbocycles. The minimum atomic E-state index is -0.589. The average Bonchev–Trinajstić information content (AvgIpc) is 3.51. The van der Waals surface area contributed by atoms with Crippen molar-refractivity contribution in [3.05, 3.63) is 58.9 Å². The number of nitrogens with two attached hydrogens (primary N) is 1. The van der Waals surface area contributed by atoms with Gasteiger partial charge in [0.15, 0.2) is 0 Å². The maximum absolute atomic E-state index is 15.0. The molecule has 13 heteroatoms. The van der Waals surface area contributed by atoms with Crippen LogP contribution in [-0.4, -0.2) is 52.5 Å². The van der Waals surface area contributed by atoms with E-state index < -0.39 is 24.1 Å². The van der Waals surface area contributed by atoms with Crippen molar-refractivity contribution in [1.82, 2.24) is 20.0 Å². The molecule has 3 amide bonds. The lowest BCUT2D eigenvalue weighted by Gasteiger charge is -2.15. The number of ether oxygens (including phenoxy) is 1. The molecule has 38 heavy (non-hydrogen) atoms. The molecule has 0 unspecified atom stereocenters. The van der Waals surface area contributed by atoms with Gasteiger partial charge in [-0.05, 0) is 47.8 Å². The summed E-state index contributed by atoms with van der Waals surface area (Å²) in [5.74, 6) is -0.496. The Bertz CT molecular complexity index is 1320. The molecule has 3 aromatic rings. The normalized spacial score (nSPS) is 15.6. The molecule has 0 saturated carbocycles. The molecule has 1 saturated heterocycles. The second kappa shape index (κ2) is 12.0. The number of amides is 3. The number of benzene rings is 2. The van der Waals surface area contributed by atoms with Gasteiger partial charge in [0.1, 0.15) is 16.9 Å². The third-order valence-electron chi connectivity index (χ3n) is 5.73. The number of anilines is 2. The molecular formula is C25H28FN7O4S. The molecule has 1 aromatic heterocycles. The summed E-state index contributed by atoms with van der Waals surface area (Å²) in [7, 11) is 0. The number of hydrogen-bond donors (Lipinski definition) is 4. The number of carbonyl (C=O) groups is 3. The van der Waals surface area contributed by atoms with Crippen LogP contribution in [0.1, 0.15) is 24.4 Å². The smallest absolute Gasteiger partial charge is 0.414 e. The van der Waals surface area contributed by atoms with Gasteiger partial charge in [0.05, 0.1) is 31.4 Å². The van der Waals surface area contributed by atoms with Crippen molar-refractivity contribution in [2.24, 2.45) is 5.73 Å². The lowest BCUT2D eigenvalue weighted by atomic mass is 10.0. The second-order valence-corrected chi connectivity index (χ2v) is 9.62. The number of aromatic nitrogens is 2. The SMILES string of the molecule is CC(=O)NC[C@H]1CN(c2ccc(-c3ccc(CNc4nsc(CNC(=O)[C@H](C)N)n4)cc3)c(F)c2)C(=O)O1. The van der Waals surface area contributed by atoms with E-state index in [0.29, 0.717) is 34.3 Å². The van der Waals surface area contributed by atoms with Gasteiger partial charge in [-0.3, -0.25) is 14.5 Å². The van der Waals surface area contributed by atoms with Crippen LogP contribution in [-0.2, 0) is 27.4 Å². The van der Waals surface area contributed by atoms with Crippen LogP contribution >= 0.6 is 11.5 Å². The van der Waals surface area contributed by atoms with E-state index in [2.05, 4.69) is 25.3 Å². The topological polar surface area (TPSA) is 152 Å². The van der Waals surface area contributed by atoms with Crippen LogP contribution < -0.4 is 26.6 Å². The van der Waals surface area contributed by atoms with Gasteiger partial charge in [-0.25, -0.2) is 14.2 Å². The molecule has 1 fully saturated rings. The molecular weight excluding hydrogens is 513 g/mol. The molecule has 11 nitrogen and oxygen atoms in total. The van der Waals surface area contributed by atoms with Crippen LogP contribution in [0.5, 0.6) is 0 Å². The summed E-state index contributed by atoms with van der Waals surface area (Å²) >= 11 is 1.18. The first kappa shape index (κ1) is 26.9. The summed E-state index contributed by atoms with van der Waals surface area (Å²) in [5, 5.41) is 9.08. The third-order valence-corrected chi connectivity index (χ3v) is 6.44. The van der Waals surface area contributed by atoms with E-state index >= 15 is 0 Å². The van der Waals surface area contributed by atoms with Crippen molar-refractivity contribution in [3.8, 4) is 11.1 Å². The molecule has 1 aliphatic rings. The van der Waals surface area contributed by atoms with Crippen LogP contribution in [0.4, 0.5) is 20.8 Å². The van der Waals surface area contributed by atoms with Gasteiger partial charge in [-0.1, -0.05) is 24.3 Å². The summed E-state index contributed by atoms with van der Waals surface area (Å²) in [5.41, 5.74) is 7.93. The molecule has 4 rings (SSSR count). The Hall–Kier alpha value is -4.10. The monoisotopic (exact) mass is 541 g/mol. The van der Waals surface area contributed by atoms with E-state index in [0.717, 1.165) is 5.56 Å². The summed E-state index contributed by atoms with van der Waals surface area (Å²) in [6.45, 7) is 4.13. The fourth-order valence-corrected chi connectivity index (χ4v) is 4.27. The molecule has 2 aromatic carbocycles. The van der Waals surface area contributed by atoms with Crippen molar-refractivity contribution >= 4 is 41.1 Å². The molecule has 0 bridgehead atoms. The van der Waals surface area contributed by atoms with Gasteiger partial charge in [0.25, 0.3) is 0 Å². The summed E-state index contributed by atoms with van der Waals surface area (Å²) in [6.07, 6.45) is -1.08. The zero-order valence-electron chi connectivity index (χ0n) is 20.9. The molecule has 2 heterocycles. The quantitative estimate of drug-likeness (QED) is 0.305. The number of hydrogen-bond acceptors (Lipinski definition) is 9. The number of rotatable bonds is 10. The first-order chi connectivity index (χ1) is 18.2. The van der Waals surface area contributed by atoms with E-state index in [1.54, 1.807) is 19.1 Å². The Labute approximate surface area is 222 Å². The minimum absolute atomic E-state index is 0.200. The Balaban J connectivity index is 1.33. The maximum Gasteiger partial charge on any atom is 0.414 e. The highest BCUT2D eigenvalue weighted by molar-refractivity contribution is 7.05. The Kier molecular flexibility index (Phi) is 8.48. The van der Waals surface area contributed by atoms with Crippen molar-refractivity contribution in [2.75, 3.05) is 23.3 Å². The Morgan fingerprint density at radius 2 is 1.97 bits per heavy atom. The van der Waals surface area contributed by atoms with Crippen LogP contribution in [0.2, 0.25) is 0 Å². The number of nitrogens with one attached hydrogen (secondary N) is 3. The van der Waals surface area contributed by atoms with Crippen LogP contribution in [0.3, 0.4) is 0 Å². The maximum atomic E-state index is 15.0. The van der Waals surface area contributed by atoms with Crippen molar-refractivity contribution < 1.29 is 23.5 Å². The fourth-order valence-electron chi connectivity index (χ4n) is 3.71. The van der Waals surface area contributed by atoms with Crippen molar-refractivity contribution in [3.63, 3.8) is 0 Å². The minimum Gasteiger partial charge on any atom is -0.442 e. The third kappa shape index (κ3) is 6.81. The molecule has 0 spiro atoms. The summed E-state index contributed by atoms with van der Waals surface area (Å²) < 4.78 is 24.5. The predicted octanol–water partition coefficient (Wildman–Crippen LogP) is 2.38. The van der Waals surface area contributed by atoms with Gasteiger partial charge in [0, 0.05) is 19.0 Å². The van der Waals surface area contributed by atoms with E-state index in [9.17, 15) is 18.8 Å². The Morgan fingerprint density at radius 1 is 1.21 bits per heavy atom. The van der Waals surface area contributed by atoms with Crippen LogP contribution in [0.25, 0.3) is 11.1 Å². The number of nitrogens with zero attached hydrogens (tertiary/aromatic N) is 3. The van der Waals surface area contributed by atoms with E-state index in [1.807, 2.05) is 24.3 Å². The van der Waals surface area contributed by atoms with Gasteiger partial charge in [0.2, 0.25) is 17.8 Å². The lowest BCUT2D eigenvalue weighted by molar-refractivity contribution is -0.122. The number of halogens is 1. The lowest BCUT2D eigenvalue weighted by Crippen LogP contribution is -2.37. The largest absolute Gasteiger partial charge is 0.442 e. The molecule has 1 aliphatic heterocycles. The average molecular weight is 542 g/mol. The second-order valence-electron chi connectivity index (χ2n) is 8.79. The Morgan fingerprint density at radius 3 is 2.66 bits per heavy atom. The van der Waals surface area contributed by atoms with Gasteiger partial charge in [-0.15, -0.1) is 0 Å². The summed E-state index contributed by atoms with van der Waals surface area (Å²) in [6, 6.07) is 11.4. The predicted molar refractivity (Wildman–Crippen MR) is 141 cm³/mol. The fraction of sp³-hybridized carbons (Fsp3) is 0.320. The van der Waals surface area contributed by atoms with Crippen molar-refractivity contribution in [1.29, 1.82) is 0 Å². The molecule has 2 atom stereocenters. The highest BCUT2D eigenvalue weighted by Crippen LogP contribution is 2.29. The van der Waals surface area contributed by atoms with E-state index in [4.69, 9.17) is 10.5 Å². The highest BCUT2D eigenvalue weighted by Gasteiger charge is 2.32. The van der Waals surface area contributed by atoms with E-state index in [-0.39, 0.29) is 31.4 Å². The zero-order valence-corrected chi connectivity index (χ0v) is 21.7. The standard InChI is InChI=1S/C25H28FN7O4S/c1-14(27)23(35)29-12-22-31-24(32-38-22)30-10-16-3-5-17(6-4-16)20-8-7-18(9-21(20)26)33-13-19(37-25(33)36)11-28-15(2)34/h3-9,14,19H,10-13,27H2,1-2H3,(H,28,34)(H,29,35)(H,30,32)/t14-,19-/m0/s1. The number of cyclic esters (lactones) is 1. The van der Waals surface area contributed by atoms with Gasteiger partial charge in [-0.2, -0.15) is 4.37 Å². The first-order valence-electron chi connectivity index (χ1n) is 11.9. The summed E-state index contributed by atoms with van der Waals surface area (Å²) in [4.78, 5) is 40.6. The van der Waals surface area contributed by atoms with Gasteiger partial charge >= 0.3 is 6.09 Å². The van der Waals surface area contributed by atoms with Crippen LogP contribution in [0, 0.1) is 5.82 Å². The van der Waals surface area contributed by atoms with Gasteiger partial charge < -0.3 is 26.4 Å². The highest BCUT2D eigenvalue weighted by atomic mass is 32.1. The van der Waals surface area contributed by atoms with Crippen molar-refractivity contribution in [2.45, 2.75) is 39.1 Å². The molecule has 200 valence electrons. The first-order valence-corrected chi connectivity index (χ1v) is 12.7. The molecule has 5 N–H and O–H groups in total. The van der Waals surface area contributed by atoms with E-state index in [1.165, 1.54) is 29.4 Å². The zero-order chi connectivity index (χ0) is 27.2. The van der Waals surface area contributed by atoms with Crippen LogP contribution in [0.15, 0.2) is 42.5 Å². The number of carbonyl (C=O) groups excluding carboxylic acids is 3. The molecule has 0 radical (unpaired) electrons.